The van der Waals surface area contributed by atoms with Crippen LogP contribution in [0.2, 0.25) is 0 Å². The van der Waals surface area contributed by atoms with Gasteiger partial charge in [0.15, 0.2) is 5.60 Å². The Kier molecular flexibility index (Phi) is 5.16. The van der Waals surface area contributed by atoms with Gasteiger partial charge in [0.25, 0.3) is 0 Å². The number of rotatable bonds is 9. The Labute approximate surface area is 149 Å². The van der Waals surface area contributed by atoms with E-state index in [1.165, 1.54) is 31.2 Å². The van der Waals surface area contributed by atoms with Crippen LogP contribution in [-0.2, 0) is 11.2 Å². The Bertz CT molecular complexity index is 629. The zero-order valence-corrected chi connectivity index (χ0v) is 15.2. The standard InChI is InChI=1S/C20H30N2O3/c1-12(2)7-18(21)20(25,19(23)24)11-16-9-14(5-6-22-16)17-10-15(17)8-13-3-4-13/h5-6,9,12-13,15,17-18,25H,3-4,7-8,10-11,21H2,1-2H3,(H,23,24)/t15-,17+,18-,20+/m0/s1. The van der Waals surface area contributed by atoms with Crippen molar-refractivity contribution in [1.82, 2.24) is 4.98 Å². The van der Waals surface area contributed by atoms with Gasteiger partial charge in [-0.1, -0.05) is 26.7 Å². The molecule has 2 aliphatic carbocycles. The Hall–Kier alpha value is -1.46. The smallest absolute Gasteiger partial charge is 0.337 e. The van der Waals surface area contributed by atoms with Gasteiger partial charge < -0.3 is 15.9 Å². The molecule has 0 radical (unpaired) electrons. The molecule has 0 amide bonds. The molecule has 2 saturated carbocycles. The van der Waals surface area contributed by atoms with Crippen molar-refractivity contribution in [3.8, 4) is 0 Å². The van der Waals surface area contributed by atoms with E-state index in [0.717, 1.165) is 11.8 Å². The van der Waals surface area contributed by atoms with Crippen LogP contribution >= 0.6 is 0 Å². The molecular formula is C20H30N2O3. The van der Waals surface area contributed by atoms with Crippen LogP contribution < -0.4 is 5.73 Å². The summed E-state index contributed by atoms with van der Waals surface area (Å²) >= 11 is 0. The summed E-state index contributed by atoms with van der Waals surface area (Å²) in [6.07, 6.45) is 7.43. The number of aliphatic hydroxyl groups is 1. The summed E-state index contributed by atoms with van der Waals surface area (Å²) in [6, 6.07) is 3.17. The first kappa shape index (κ1) is 18.3. The number of pyridine rings is 1. The molecule has 25 heavy (non-hydrogen) atoms. The average molecular weight is 346 g/mol. The fraction of sp³-hybridized carbons (Fsp3) is 0.700. The van der Waals surface area contributed by atoms with Crippen LogP contribution in [0.3, 0.4) is 0 Å². The molecule has 1 heterocycles. The first-order valence-electron chi connectivity index (χ1n) is 9.45. The van der Waals surface area contributed by atoms with Crippen molar-refractivity contribution >= 4 is 5.97 Å². The third-order valence-electron chi connectivity index (χ3n) is 5.68. The van der Waals surface area contributed by atoms with Gasteiger partial charge in [-0.3, -0.25) is 4.98 Å². The lowest BCUT2D eigenvalue weighted by Gasteiger charge is -2.30. The topological polar surface area (TPSA) is 96.4 Å². The maximum absolute atomic E-state index is 11.7. The van der Waals surface area contributed by atoms with E-state index in [4.69, 9.17) is 5.73 Å². The lowest BCUT2D eigenvalue weighted by Crippen LogP contribution is -2.56. The van der Waals surface area contributed by atoms with Crippen LogP contribution in [0.25, 0.3) is 0 Å². The van der Waals surface area contributed by atoms with Crippen LogP contribution in [0, 0.1) is 17.8 Å². The first-order chi connectivity index (χ1) is 11.8. The molecule has 1 aromatic rings. The van der Waals surface area contributed by atoms with Gasteiger partial charge >= 0.3 is 5.97 Å². The quantitative estimate of drug-likeness (QED) is 0.639. The number of aromatic nitrogens is 1. The Morgan fingerprint density at radius 1 is 1.44 bits per heavy atom. The lowest BCUT2D eigenvalue weighted by molar-refractivity contribution is -0.161. The fourth-order valence-corrected chi connectivity index (χ4v) is 3.87. The highest BCUT2D eigenvalue weighted by molar-refractivity contribution is 5.78. The van der Waals surface area contributed by atoms with Crippen molar-refractivity contribution in [3.05, 3.63) is 29.6 Å². The van der Waals surface area contributed by atoms with Gasteiger partial charge in [-0.05, 0) is 60.6 Å². The van der Waals surface area contributed by atoms with Crippen molar-refractivity contribution in [1.29, 1.82) is 0 Å². The third kappa shape index (κ3) is 4.39. The highest BCUT2D eigenvalue weighted by Gasteiger charge is 2.44. The van der Waals surface area contributed by atoms with E-state index in [0.29, 0.717) is 18.0 Å². The van der Waals surface area contributed by atoms with Crippen LogP contribution in [-0.4, -0.2) is 32.8 Å². The summed E-state index contributed by atoms with van der Waals surface area (Å²) in [5, 5.41) is 20.3. The first-order valence-corrected chi connectivity index (χ1v) is 9.45. The summed E-state index contributed by atoms with van der Waals surface area (Å²) in [5.74, 6) is 1.22. The number of nitrogens with zero attached hydrogens (tertiary/aromatic N) is 1. The number of carboxylic acids is 1. The molecule has 4 N–H and O–H groups in total. The molecule has 0 aromatic carbocycles. The number of carbonyl (C=O) groups is 1. The number of carboxylic acid groups (broad SMARTS) is 1. The molecule has 4 atom stereocenters. The average Bonchev–Trinajstić information content (AvgIpc) is 3.44. The van der Waals surface area contributed by atoms with Gasteiger partial charge in [-0.2, -0.15) is 0 Å². The lowest BCUT2D eigenvalue weighted by atomic mass is 9.84. The number of nitrogens with two attached hydrogens (primary N) is 1. The number of hydrogen-bond donors (Lipinski definition) is 3. The minimum absolute atomic E-state index is 0.0515. The monoisotopic (exact) mass is 346 g/mol. The summed E-state index contributed by atoms with van der Waals surface area (Å²) < 4.78 is 0. The molecular weight excluding hydrogens is 316 g/mol. The molecule has 0 unspecified atom stereocenters. The molecule has 138 valence electrons. The van der Waals surface area contributed by atoms with Crippen molar-refractivity contribution in [2.24, 2.45) is 23.5 Å². The van der Waals surface area contributed by atoms with Crippen molar-refractivity contribution in [2.75, 3.05) is 0 Å². The van der Waals surface area contributed by atoms with Gasteiger partial charge in [0.05, 0.1) is 0 Å². The minimum Gasteiger partial charge on any atom is -0.479 e. The van der Waals surface area contributed by atoms with E-state index in [1.54, 1.807) is 6.20 Å². The molecule has 3 rings (SSSR count). The normalized spacial score (nSPS) is 26.3. The fourth-order valence-electron chi connectivity index (χ4n) is 3.87. The van der Waals surface area contributed by atoms with Crippen LogP contribution in [0.15, 0.2) is 18.3 Å². The molecule has 1 aromatic heterocycles. The molecule has 2 aliphatic rings. The predicted molar refractivity (Wildman–Crippen MR) is 96.1 cm³/mol. The van der Waals surface area contributed by atoms with Crippen LogP contribution in [0.5, 0.6) is 0 Å². The maximum atomic E-state index is 11.7. The largest absolute Gasteiger partial charge is 0.479 e. The van der Waals surface area contributed by atoms with Crippen molar-refractivity contribution < 1.29 is 15.0 Å². The van der Waals surface area contributed by atoms with Gasteiger partial charge in [0.1, 0.15) is 0 Å². The summed E-state index contributed by atoms with van der Waals surface area (Å²) in [6.45, 7) is 3.93. The molecule has 5 nitrogen and oxygen atoms in total. The number of aliphatic carboxylic acids is 1. The Morgan fingerprint density at radius 2 is 2.16 bits per heavy atom. The van der Waals surface area contributed by atoms with E-state index in [2.05, 4.69) is 4.98 Å². The summed E-state index contributed by atoms with van der Waals surface area (Å²) in [7, 11) is 0. The SMILES string of the molecule is CC(C)C[C@H](N)[C@](O)(Cc1cc([C@H]2C[C@@H]2CC2CC2)ccn1)C(=O)O. The van der Waals surface area contributed by atoms with Crippen LogP contribution in [0.4, 0.5) is 0 Å². The van der Waals surface area contributed by atoms with Gasteiger partial charge in [0.2, 0.25) is 0 Å². The van der Waals surface area contributed by atoms with Gasteiger partial charge in [-0.15, -0.1) is 0 Å². The second-order valence-corrected chi connectivity index (χ2v) is 8.50. The third-order valence-corrected chi connectivity index (χ3v) is 5.68. The zero-order valence-electron chi connectivity index (χ0n) is 15.2. The molecule has 5 heteroatoms. The minimum atomic E-state index is -1.98. The zero-order chi connectivity index (χ0) is 18.2. The molecule has 0 saturated heterocycles. The maximum Gasteiger partial charge on any atom is 0.337 e. The molecule has 2 fully saturated rings. The van der Waals surface area contributed by atoms with E-state index in [9.17, 15) is 15.0 Å². The Balaban J connectivity index is 1.70. The molecule has 0 bridgehead atoms. The van der Waals surface area contributed by atoms with Crippen molar-refractivity contribution in [2.45, 2.75) is 69.9 Å². The second-order valence-electron chi connectivity index (χ2n) is 8.50. The van der Waals surface area contributed by atoms with E-state index >= 15 is 0 Å². The van der Waals surface area contributed by atoms with E-state index in [-0.39, 0.29) is 12.3 Å². The van der Waals surface area contributed by atoms with Gasteiger partial charge in [-0.25, -0.2) is 4.79 Å². The van der Waals surface area contributed by atoms with Crippen molar-refractivity contribution in [3.63, 3.8) is 0 Å². The summed E-state index contributed by atoms with van der Waals surface area (Å²) in [5.41, 5.74) is 5.89. The highest BCUT2D eigenvalue weighted by atomic mass is 16.4. The van der Waals surface area contributed by atoms with E-state index in [1.807, 2.05) is 26.0 Å². The van der Waals surface area contributed by atoms with Gasteiger partial charge in [0, 0.05) is 24.4 Å². The summed E-state index contributed by atoms with van der Waals surface area (Å²) in [4.78, 5) is 16.0. The van der Waals surface area contributed by atoms with E-state index < -0.39 is 17.6 Å². The molecule has 0 aliphatic heterocycles. The second kappa shape index (κ2) is 7.04. The Morgan fingerprint density at radius 3 is 2.76 bits per heavy atom. The number of hydrogen-bond acceptors (Lipinski definition) is 4. The molecule has 0 spiro atoms. The van der Waals surface area contributed by atoms with Crippen LogP contribution in [0.1, 0.15) is 63.1 Å². The predicted octanol–water partition coefficient (Wildman–Crippen LogP) is 2.72. The highest BCUT2D eigenvalue weighted by Crippen LogP contribution is 2.54.